The van der Waals surface area contributed by atoms with Gasteiger partial charge in [-0.2, -0.15) is 5.10 Å². The molecule has 0 saturated heterocycles. The minimum atomic E-state index is -3.01. The van der Waals surface area contributed by atoms with Gasteiger partial charge in [0.2, 0.25) is 7.29 Å². The molecule has 3 rings (SSSR count). The Balaban J connectivity index is 2.02. The van der Waals surface area contributed by atoms with Gasteiger partial charge in [0.05, 0.1) is 0 Å². The van der Waals surface area contributed by atoms with E-state index in [1.807, 2.05) is 74.5 Å². The Morgan fingerprint density at radius 2 is 1.44 bits per heavy atom. The summed E-state index contributed by atoms with van der Waals surface area (Å²) < 4.78 is 19.4. The quantitative estimate of drug-likeness (QED) is 0.429. The molecule has 0 atom stereocenters. The molecule has 0 aliphatic carbocycles. The van der Waals surface area contributed by atoms with Crippen LogP contribution in [0.5, 0.6) is 0 Å². The summed E-state index contributed by atoms with van der Waals surface area (Å²) in [6, 6.07) is 19.3. The second-order valence-electron chi connectivity index (χ2n) is 5.83. The lowest BCUT2D eigenvalue weighted by molar-refractivity contribution is 0.468. The Bertz CT molecular complexity index is 812. The molecule has 1 aliphatic rings. The molecule has 0 aromatic heterocycles. The van der Waals surface area contributed by atoms with E-state index >= 15 is 0 Å². The van der Waals surface area contributed by atoms with Crippen LogP contribution in [-0.2, 0) is 9.30 Å². The number of rotatable bonds is 5. The molecule has 0 unspecified atom stereocenters. The van der Waals surface area contributed by atoms with Gasteiger partial charge >= 0.3 is 0 Å². The summed E-state index contributed by atoms with van der Waals surface area (Å²) in [6.45, 7) is 3.92. The summed E-state index contributed by atoms with van der Waals surface area (Å²) in [6.07, 6.45) is 0.800. The molecule has 5 heteroatoms. The number of nitrogens with one attached hydrogen (secondary N) is 1. The lowest BCUT2D eigenvalue weighted by Crippen LogP contribution is -2.07. The Kier molecular flexibility index (Phi) is 5.20. The molecule has 0 radical (unpaired) electrons. The zero-order valence-corrected chi connectivity index (χ0v) is 15.2. The van der Waals surface area contributed by atoms with Crippen LogP contribution in [0.1, 0.15) is 31.4 Å². The molecule has 128 valence electrons. The van der Waals surface area contributed by atoms with Crippen molar-refractivity contribution in [2.24, 2.45) is 5.10 Å². The zero-order valence-electron chi connectivity index (χ0n) is 14.3. The van der Waals surface area contributed by atoms with Crippen molar-refractivity contribution in [3.05, 3.63) is 83.4 Å². The van der Waals surface area contributed by atoms with Gasteiger partial charge in [0.1, 0.15) is 11.5 Å². The smallest absolute Gasteiger partial charge is 0.235 e. The van der Waals surface area contributed by atoms with Crippen molar-refractivity contribution in [3.8, 4) is 0 Å². The van der Waals surface area contributed by atoms with Crippen LogP contribution < -0.4 is 5.20 Å². The van der Waals surface area contributed by atoms with Gasteiger partial charge < -0.3 is 4.74 Å². The number of benzene rings is 2. The van der Waals surface area contributed by atoms with E-state index in [-0.39, 0.29) is 0 Å². The number of hydrogen-bond acceptors (Lipinski definition) is 3. The monoisotopic (exact) mass is 352 g/mol. The molecular weight excluding hydrogens is 331 g/mol. The van der Waals surface area contributed by atoms with E-state index < -0.39 is 7.29 Å². The molecular formula is C20H21N2O2P. The van der Waals surface area contributed by atoms with E-state index in [4.69, 9.17) is 4.74 Å². The van der Waals surface area contributed by atoms with Crippen molar-refractivity contribution in [2.45, 2.75) is 20.3 Å². The fourth-order valence-electron chi connectivity index (χ4n) is 2.33. The highest BCUT2D eigenvalue weighted by Crippen LogP contribution is 2.53. The van der Waals surface area contributed by atoms with Gasteiger partial charge in [-0.1, -0.05) is 67.6 Å². The molecule has 0 bridgehead atoms. The third-order valence-electron chi connectivity index (χ3n) is 3.86. The molecule has 2 aromatic rings. The molecule has 2 aromatic carbocycles. The van der Waals surface area contributed by atoms with E-state index in [2.05, 4.69) is 10.3 Å². The molecule has 1 heterocycles. The van der Waals surface area contributed by atoms with Crippen molar-refractivity contribution >= 4 is 24.5 Å². The number of ether oxygens (including phenoxy) is 1. The predicted molar refractivity (Wildman–Crippen MR) is 104 cm³/mol. The van der Waals surface area contributed by atoms with E-state index in [1.54, 1.807) is 11.6 Å². The number of hydrazone groups is 1. The minimum absolute atomic E-state index is 0.571. The molecule has 0 saturated carbocycles. The second-order valence-corrected chi connectivity index (χ2v) is 7.97. The van der Waals surface area contributed by atoms with E-state index in [1.165, 1.54) is 0 Å². The maximum atomic E-state index is 13.4. The number of hydrogen-bond donors (Lipinski definition) is 1. The first-order chi connectivity index (χ1) is 12.1. The SMILES string of the molecule is CC/C(C)=N\NP1(=O)C=C(c2ccccc2)OC(c2ccccc2)=C1. The average Bonchev–Trinajstić information content (AvgIpc) is 2.67. The lowest BCUT2D eigenvalue weighted by atomic mass is 10.2. The van der Waals surface area contributed by atoms with E-state index in [9.17, 15) is 4.57 Å². The van der Waals surface area contributed by atoms with Crippen LogP contribution in [0.3, 0.4) is 0 Å². The standard InChI is InChI=1S/C20H21N2O2P/c1-3-16(2)21-22-25(23)14-19(17-10-6-4-7-11-17)24-20(15-25)18-12-8-5-9-13-18/h4-15H,3H2,1-2H3,(H,22,23)/b21-16-. The molecule has 0 fully saturated rings. The van der Waals surface area contributed by atoms with Gasteiger partial charge in [-0.3, -0.25) is 9.76 Å². The fraction of sp³-hybridized carbons (Fsp3) is 0.150. The summed E-state index contributed by atoms with van der Waals surface area (Å²) in [5.74, 6) is 4.42. The highest BCUT2D eigenvalue weighted by molar-refractivity contribution is 7.68. The van der Waals surface area contributed by atoms with Crippen molar-refractivity contribution in [1.29, 1.82) is 0 Å². The first kappa shape index (κ1) is 17.2. The van der Waals surface area contributed by atoms with Gasteiger partial charge in [0, 0.05) is 28.5 Å². The summed E-state index contributed by atoms with van der Waals surface area (Å²) >= 11 is 0. The summed E-state index contributed by atoms with van der Waals surface area (Å²) in [5, 5.41) is 7.11. The van der Waals surface area contributed by atoms with Gasteiger partial charge in [0.15, 0.2) is 0 Å². The van der Waals surface area contributed by atoms with Crippen LogP contribution in [0.15, 0.2) is 77.4 Å². The van der Waals surface area contributed by atoms with Gasteiger partial charge in [-0.15, -0.1) is 0 Å². The molecule has 1 aliphatic heterocycles. The maximum absolute atomic E-state index is 13.4. The van der Waals surface area contributed by atoms with Crippen LogP contribution >= 0.6 is 7.29 Å². The highest BCUT2D eigenvalue weighted by Gasteiger charge is 2.26. The topological polar surface area (TPSA) is 50.7 Å². The van der Waals surface area contributed by atoms with Gasteiger partial charge in [-0.05, 0) is 13.3 Å². The molecule has 25 heavy (non-hydrogen) atoms. The third-order valence-corrected chi connectivity index (χ3v) is 5.51. The first-order valence-corrected chi connectivity index (χ1v) is 10.1. The highest BCUT2D eigenvalue weighted by atomic mass is 31.2. The normalized spacial score (nSPS) is 16.5. The van der Waals surface area contributed by atoms with Gasteiger partial charge in [0.25, 0.3) is 0 Å². The predicted octanol–water partition coefficient (Wildman–Crippen LogP) is 5.67. The van der Waals surface area contributed by atoms with Crippen LogP contribution in [0, 0.1) is 0 Å². The van der Waals surface area contributed by atoms with Crippen molar-refractivity contribution < 1.29 is 9.30 Å². The maximum Gasteiger partial charge on any atom is 0.235 e. The second kappa shape index (κ2) is 7.54. The van der Waals surface area contributed by atoms with Crippen LogP contribution in [0.25, 0.3) is 11.5 Å². The van der Waals surface area contributed by atoms with Crippen LogP contribution in [0.2, 0.25) is 0 Å². The Labute approximate surface area is 148 Å². The first-order valence-electron chi connectivity index (χ1n) is 8.24. The largest absolute Gasteiger partial charge is 0.456 e. The summed E-state index contributed by atoms with van der Waals surface area (Å²) in [7, 11) is -3.01. The zero-order chi connectivity index (χ0) is 17.7. The molecule has 1 N–H and O–H groups in total. The summed E-state index contributed by atoms with van der Waals surface area (Å²) in [4.78, 5) is 0. The van der Waals surface area contributed by atoms with E-state index in [0.717, 1.165) is 23.3 Å². The average molecular weight is 352 g/mol. The van der Waals surface area contributed by atoms with Crippen LogP contribution in [0.4, 0.5) is 0 Å². The van der Waals surface area contributed by atoms with Crippen molar-refractivity contribution in [3.63, 3.8) is 0 Å². The van der Waals surface area contributed by atoms with Crippen molar-refractivity contribution in [1.82, 2.24) is 5.20 Å². The van der Waals surface area contributed by atoms with E-state index in [0.29, 0.717) is 11.5 Å². The lowest BCUT2D eigenvalue weighted by Gasteiger charge is -2.22. The van der Waals surface area contributed by atoms with Gasteiger partial charge in [-0.25, -0.2) is 0 Å². The molecule has 0 amide bonds. The van der Waals surface area contributed by atoms with Crippen molar-refractivity contribution in [2.75, 3.05) is 0 Å². The summed E-state index contributed by atoms with van der Waals surface area (Å²) in [5.41, 5.74) is 2.65. The Hall–Kier alpha value is -2.58. The minimum Gasteiger partial charge on any atom is -0.456 e. The molecule has 0 spiro atoms. The Morgan fingerprint density at radius 1 is 0.960 bits per heavy atom. The number of nitrogens with zero attached hydrogens (tertiary/aromatic N) is 1. The van der Waals surface area contributed by atoms with Crippen LogP contribution in [-0.4, -0.2) is 5.71 Å². The third kappa shape index (κ3) is 4.28. The fourth-order valence-corrected chi connectivity index (χ4v) is 3.95. The molecule has 4 nitrogen and oxygen atoms in total. The Morgan fingerprint density at radius 3 is 1.88 bits per heavy atom.